The van der Waals surface area contributed by atoms with Crippen LogP contribution in [0.3, 0.4) is 0 Å². The first-order chi connectivity index (χ1) is 7.26. The second-order valence-corrected chi connectivity index (χ2v) is 3.76. The summed E-state index contributed by atoms with van der Waals surface area (Å²) in [6, 6.07) is 0. The average molecular weight is 211 g/mol. The van der Waals surface area contributed by atoms with Gasteiger partial charge in [0.05, 0.1) is 5.69 Å². The maximum Gasteiger partial charge on any atom is 0.0967 e. The van der Waals surface area contributed by atoms with E-state index in [1.54, 1.807) is 4.68 Å². The molecule has 5 nitrogen and oxygen atoms in total. The minimum atomic E-state index is 0.892. The summed E-state index contributed by atoms with van der Waals surface area (Å²) in [6.45, 7) is 6.27. The molecule has 0 spiro atoms. The quantitative estimate of drug-likeness (QED) is 0.702. The predicted molar refractivity (Wildman–Crippen MR) is 60.5 cm³/mol. The van der Waals surface area contributed by atoms with Crippen LogP contribution in [0.25, 0.3) is 0 Å². The van der Waals surface area contributed by atoms with Crippen LogP contribution in [0.1, 0.15) is 19.0 Å². The van der Waals surface area contributed by atoms with Gasteiger partial charge in [-0.1, -0.05) is 12.1 Å². The second kappa shape index (κ2) is 6.53. The van der Waals surface area contributed by atoms with Gasteiger partial charge in [-0.15, -0.1) is 5.10 Å². The standard InChI is InChI=1S/C10H21N5/c1-4-6-15(7-5-11-2)9-10-8-14(3)13-12-10/h8,11H,4-7,9H2,1-3H3. The molecule has 0 radical (unpaired) electrons. The van der Waals surface area contributed by atoms with Crippen LogP contribution >= 0.6 is 0 Å². The summed E-state index contributed by atoms with van der Waals surface area (Å²) >= 11 is 0. The highest BCUT2D eigenvalue weighted by Gasteiger charge is 2.06. The third-order valence-corrected chi connectivity index (χ3v) is 2.25. The van der Waals surface area contributed by atoms with Crippen LogP contribution in [0.2, 0.25) is 0 Å². The van der Waals surface area contributed by atoms with Crippen molar-refractivity contribution in [3.63, 3.8) is 0 Å². The zero-order valence-electron chi connectivity index (χ0n) is 9.90. The zero-order valence-corrected chi connectivity index (χ0v) is 9.90. The fourth-order valence-corrected chi connectivity index (χ4v) is 1.55. The smallest absolute Gasteiger partial charge is 0.0967 e. The third-order valence-electron chi connectivity index (χ3n) is 2.25. The summed E-state index contributed by atoms with van der Waals surface area (Å²) in [4.78, 5) is 2.39. The lowest BCUT2D eigenvalue weighted by atomic mass is 10.3. The summed E-state index contributed by atoms with van der Waals surface area (Å²) in [7, 11) is 3.88. The van der Waals surface area contributed by atoms with Gasteiger partial charge in [0.25, 0.3) is 0 Å². The summed E-state index contributed by atoms with van der Waals surface area (Å²) in [5.74, 6) is 0. The van der Waals surface area contributed by atoms with Gasteiger partial charge in [0.1, 0.15) is 0 Å². The Morgan fingerprint density at radius 3 is 2.80 bits per heavy atom. The number of hydrogen-bond donors (Lipinski definition) is 1. The van der Waals surface area contributed by atoms with Crippen LogP contribution in [0.4, 0.5) is 0 Å². The van der Waals surface area contributed by atoms with Gasteiger partial charge in [0.2, 0.25) is 0 Å². The van der Waals surface area contributed by atoms with Crippen molar-refractivity contribution in [1.29, 1.82) is 0 Å². The van der Waals surface area contributed by atoms with E-state index in [1.807, 2.05) is 20.3 Å². The molecule has 0 aliphatic rings. The maximum atomic E-state index is 4.10. The van der Waals surface area contributed by atoms with Crippen molar-refractivity contribution in [3.05, 3.63) is 11.9 Å². The van der Waals surface area contributed by atoms with Crippen molar-refractivity contribution in [1.82, 2.24) is 25.2 Å². The summed E-state index contributed by atoms with van der Waals surface area (Å²) in [5, 5.41) is 11.2. The first-order valence-corrected chi connectivity index (χ1v) is 5.48. The van der Waals surface area contributed by atoms with E-state index in [-0.39, 0.29) is 0 Å². The first-order valence-electron chi connectivity index (χ1n) is 5.48. The van der Waals surface area contributed by atoms with Crippen LogP contribution < -0.4 is 5.32 Å². The zero-order chi connectivity index (χ0) is 11.1. The van der Waals surface area contributed by atoms with E-state index in [0.717, 1.165) is 31.9 Å². The molecule has 0 unspecified atom stereocenters. The van der Waals surface area contributed by atoms with Crippen molar-refractivity contribution >= 4 is 0 Å². The average Bonchev–Trinajstić information content (AvgIpc) is 2.61. The molecule has 0 atom stereocenters. The lowest BCUT2D eigenvalue weighted by molar-refractivity contribution is 0.264. The molecule has 5 heteroatoms. The summed E-state index contributed by atoms with van der Waals surface area (Å²) < 4.78 is 1.75. The highest BCUT2D eigenvalue weighted by molar-refractivity contribution is 4.91. The summed E-state index contributed by atoms with van der Waals surface area (Å²) in [6.07, 6.45) is 3.14. The van der Waals surface area contributed by atoms with Crippen molar-refractivity contribution in [3.8, 4) is 0 Å². The normalized spacial score (nSPS) is 11.2. The Morgan fingerprint density at radius 2 is 2.27 bits per heavy atom. The SMILES string of the molecule is CCCN(CCNC)Cc1cn(C)nn1. The Bertz CT molecular complexity index is 271. The highest BCUT2D eigenvalue weighted by atomic mass is 15.4. The number of rotatable bonds is 7. The molecule has 1 N–H and O–H groups in total. The molecule has 0 saturated heterocycles. The predicted octanol–water partition coefficient (Wildman–Crippen LogP) is 0.246. The molecule has 0 amide bonds. The van der Waals surface area contributed by atoms with Gasteiger partial charge in [-0.05, 0) is 20.0 Å². The van der Waals surface area contributed by atoms with E-state index in [0.29, 0.717) is 0 Å². The third kappa shape index (κ3) is 4.40. The largest absolute Gasteiger partial charge is 0.318 e. The monoisotopic (exact) mass is 211 g/mol. The van der Waals surface area contributed by atoms with Gasteiger partial charge in [0, 0.05) is 32.9 Å². The van der Waals surface area contributed by atoms with Crippen LogP contribution in [0, 0.1) is 0 Å². The minimum absolute atomic E-state index is 0.892. The Balaban J connectivity index is 2.42. The van der Waals surface area contributed by atoms with E-state index in [2.05, 4.69) is 27.5 Å². The molecule has 1 aromatic rings. The first kappa shape index (κ1) is 12.1. The van der Waals surface area contributed by atoms with E-state index < -0.39 is 0 Å². The molecular weight excluding hydrogens is 190 g/mol. The van der Waals surface area contributed by atoms with E-state index in [4.69, 9.17) is 0 Å². The van der Waals surface area contributed by atoms with Gasteiger partial charge in [-0.2, -0.15) is 0 Å². The molecule has 86 valence electrons. The van der Waals surface area contributed by atoms with Crippen molar-refractivity contribution in [2.75, 3.05) is 26.7 Å². The van der Waals surface area contributed by atoms with Gasteiger partial charge in [0.15, 0.2) is 0 Å². The van der Waals surface area contributed by atoms with Crippen LogP contribution in [0.5, 0.6) is 0 Å². The Labute approximate surface area is 91.5 Å². The molecular formula is C10H21N5. The molecule has 0 aromatic carbocycles. The molecule has 0 saturated carbocycles. The molecule has 1 aromatic heterocycles. The topological polar surface area (TPSA) is 46.0 Å². The molecule has 0 fully saturated rings. The van der Waals surface area contributed by atoms with E-state index in [1.165, 1.54) is 6.42 Å². The lowest BCUT2D eigenvalue weighted by Crippen LogP contribution is -2.31. The highest BCUT2D eigenvalue weighted by Crippen LogP contribution is 2.00. The number of aryl methyl sites for hydroxylation is 1. The van der Waals surface area contributed by atoms with Crippen molar-refractivity contribution < 1.29 is 0 Å². The van der Waals surface area contributed by atoms with Gasteiger partial charge < -0.3 is 5.32 Å². The second-order valence-electron chi connectivity index (χ2n) is 3.76. The molecule has 15 heavy (non-hydrogen) atoms. The number of nitrogens with one attached hydrogen (secondary N) is 1. The molecule has 1 heterocycles. The number of nitrogens with zero attached hydrogens (tertiary/aromatic N) is 4. The summed E-state index contributed by atoms with van der Waals surface area (Å²) in [5.41, 5.74) is 1.04. The Hall–Kier alpha value is -0.940. The van der Waals surface area contributed by atoms with Gasteiger partial charge in [-0.3, -0.25) is 9.58 Å². The number of hydrogen-bond acceptors (Lipinski definition) is 4. The fraction of sp³-hybridized carbons (Fsp3) is 0.800. The number of aromatic nitrogens is 3. The van der Waals surface area contributed by atoms with Crippen molar-refractivity contribution in [2.24, 2.45) is 7.05 Å². The maximum absolute atomic E-state index is 4.10. The Morgan fingerprint density at radius 1 is 1.47 bits per heavy atom. The van der Waals surface area contributed by atoms with Crippen LogP contribution in [-0.2, 0) is 13.6 Å². The molecule has 0 aliphatic carbocycles. The lowest BCUT2D eigenvalue weighted by Gasteiger charge is -2.19. The molecule has 0 bridgehead atoms. The van der Waals surface area contributed by atoms with Crippen LogP contribution in [-0.4, -0.2) is 46.6 Å². The Kier molecular flexibility index (Phi) is 5.28. The van der Waals surface area contributed by atoms with E-state index >= 15 is 0 Å². The van der Waals surface area contributed by atoms with E-state index in [9.17, 15) is 0 Å². The molecule has 0 aliphatic heterocycles. The van der Waals surface area contributed by atoms with Crippen LogP contribution in [0.15, 0.2) is 6.20 Å². The van der Waals surface area contributed by atoms with Crippen molar-refractivity contribution in [2.45, 2.75) is 19.9 Å². The minimum Gasteiger partial charge on any atom is -0.318 e. The number of likely N-dealkylation sites (N-methyl/N-ethyl adjacent to an activating group) is 1. The molecule has 1 rings (SSSR count). The van der Waals surface area contributed by atoms with Gasteiger partial charge >= 0.3 is 0 Å². The fourth-order valence-electron chi connectivity index (χ4n) is 1.55. The van der Waals surface area contributed by atoms with Gasteiger partial charge in [-0.25, -0.2) is 0 Å².